The summed E-state index contributed by atoms with van der Waals surface area (Å²) in [6.07, 6.45) is 0. The highest BCUT2D eigenvalue weighted by molar-refractivity contribution is 5.76. The van der Waals surface area contributed by atoms with Gasteiger partial charge in [-0.25, -0.2) is 0 Å². The number of nitrogens with two attached hydrogens (primary N) is 2. The van der Waals surface area contributed by atoms with Crippen LogP contribution < -0.4 is 11.5 Å². The molecule has 4 nitrogen and oxygen atoms in total. The molecule has 0 radical (unpaired) electrons. The maximum atomic E-state index is 10.7. The van der Waals surface area contributed by atoms with Crippen molar-refractivity contribution < 1.29 is 4.79 Å². The van der Waals surface area contributed by atoms with E-state index in [1.807, 2.05) is 13.8 Å². The van der Waals surface area contributed by atoms with Crippen molar-refractivity contribution in [2.24, 2.45) is 17.4 Å². The summed E-state index contributed by atoms with van der Waals surface area (Å²) < 4.78 is 0. The lowest BCUT2D eigenvalue weighted by atomic mass is 9.92. The summed E-state index contributed by atoms with van der Waals surface area (Å²) in [7, 11) is 0. The van der Waals surface area contributed by atoms with Gasteiger partial charge < -0.3 is 11.5 Å². The van der Waals surface area contributed by atoms with Gasteiger partial charge in [0.05, 0.1) is 0 Å². The predicted octanol–water partition coefficient (Wildman–Crippen LogP) is -0.859. The van der Waals surface area contributed by atoms with E-state index in [4.69, 9.17) is 11.5 Å². The number of likely N-dealkylation sites (tertiary alicyclic amines) is 1. The maximum absolute atomic E-state index is 10.7. The van der Waals surface area contributed by atoms with Crippen molar-refractivity contribution >= 4 is 5.91 Å². The van der Waals surface area contributed by atoms with E-state index in [-0.39, 0.29) is 17.4 Å². The molecule has 1 rings (SSSR count). The third-order valence-electron chi connectivity index (χ3n) is 2.19. The minimum atomic E-state index is -0.236. The topological polar surface area (TPSA) is 72.3 Å². The van der Waals surface area contributed by atoms with Crippen LogP contribution in [0.1, 0.15) is 13.8 Å². The predicted molar refractivity (Wildman–Crippen MR) is 47.4 cm³/mol. The summed E-state index contributed by atoms with van der Waals surface area (Å²) in [6.45, 7) is 6.32. The van der Waals surface area contributed by atoms with E-state index in [1.165, 1.54) is 0 Å². The van der Waals surface area contributed by atoms with E-state index >= 15 is 0 Å². The number of carbonyl (C=O) groups excluding carboxylic acids is 1. The molecule has 4 N–H and O–H groups in total. The summed E-state index contributed by atoms with van der Waals surface area (Å²) >= 11 is 0. The van der Waals surface area contributed by atoms with Gasteiger partial charge >= 0.3 is 0 Å². The van der Waals surface area contributed by atoms with E-state index in [0.29, 0.717) is 0 Å². The minimum absolute atomic E-state index is 0.0582. The molecule has 0 spiro atoms. The first-order chi connectivity index (χ1) is 5.41. The molecule has 4 heteroatoms. The molecule has 1 atom stereocenters. The molecule has 1 saturated heterocycles. The molecule has 0 aliphatic carbocycles. The van der Waals surface area contributed by atoms with Crippen molar-refractivity contribution in [3.8, 4) is 0 Å². The van der Waals surface area contributed by atoms with Gasteiger partial charge in [0, 0.05) is 31.1 Å². The highest BCUT2D eigenvalue weighted by Crippen LogP contribution is 2.17. The van der Waals surface area contributed by atoms with Crippen LogP contribution in [0.2, 0.25) is 0 Å². The van der Waals surface area contributed by atoms with E-state index in [9.17, 15) is 4.79 Å². The van der Waals surface area contributed by atoms with Crippen molar-refractivity contribution in [3.05, 3.63) is 0 Å². The van der Waals surface area contributed by atoms with Gasteiger partial charge in [-0.15, -0.1) is 0 Å². The standard InChI is InChI=1S/C8H17N3O/c1-6(7(9)12)3-11-4-8(2,10)5-11/h6H,3-5,10H2,1-2H3,(H2,9,12). The van der Waals surface area contributed by atoms with Crippen molar-refractivity contribution in [2.45, 2.75) is 19.4 Å². The summed E-state index contributed by atoms with van der Waals surface area (Å²) in [5.74, 6) is -0.304. The van der Waals surface area contributed by atoms with Crippen LogP contribution in [0.4, 0.5) is 0 Å². The molecule has 1 amide bonds. The molecule has 1 heterocycles. The SMILES string of the molecule is CC(CN1CC(C)(N)C1)C(N)=O. The Hall–Kier alpha value is -0.610. The Bertz CT molecular complexity index is 183. The van der Waals surface area contributed by atoms with Crippen LogP contribution in [0, 0.1) is 5.92 Å². The van der Waals surface area contributed by atoms with Crippen LogP contribution in [0.15, 0.2) is 0 Å². The molecule has 0 aromatic carbocycles. The fourth-order valence-electron chi connectivity index (χ4n) is 1.58. The highest BCUT2D eigenvalue weighted by Gasteiger charge is 2.35. The average molecular weight is 171 g/mol. The highest BCUT2D eigenvalue weighted by atomic mass is 16.1. The largest absolute Gasteiger partial charge is 0.369 e. The fraction of sp³-hybridized carbons (Fsp3) is 0.875. The Morgan fingerprint density at radius 3 is 2.50 bits per heavy atom. The average Bonchev–Trinajstić information content (AvgIpc) is 1.83. The summed E-state index contributed by atoms with van der Waals surface area (Å²) in [5, 5.41) is 0. The van der Waals surface area contributed by atoms with Gasteiger partial charge in [-0.05, 0) is 6.92 Å². The molecule has 1 aliphatic heterocycles. The van der Waals surface area contributed by atoms with Crippen molar-refractivity contribution in [3.63, 3.8) is 0 Å². The first-order valence-electron chi connectivity index (χ1n) is 4.21. The molecule has 70 valence electrons. The van der Waals surface area contributed by atoms with Gasteiger partial charge in [0.2, 0.25) is 5.91 Å². The molecule has 0 saturated carbocycles. The van der Waals surface area contributed by atoms with E-state index in [0.717, 1.165) is 19.6 Å². The zero-order valence-corrected chi connectivity index (χ0v) is 7.71. The smallest absolute Gasteiger partial charge is 0.221 e. The molecule has 0 aromatic heterocycles. The monoisotopic (exact) mass is 171 g/mol. The fourth-order valence-corrected chi connectivity index (χ4v) is 1.58. The van der Waals surface area contributed by atoms with Crippen LogP contribution in [-0.4, -0.2) is 36.0 Å². The quantitative estimate of drug-likeness (QED) is 0.580. The van der Waals surface area contributed by atoms with Crippen LogP contribution in [0.25, 0.3) is 0 Å². The second-order valence-corrected chi connectivity index (χ2v) is 4.13. The molecule has 1 aliphatic rings. The van der Waals surface area contributed by atoms with Crippen LogP contribution >= 0.6 is 0 Å². The second kappa shape index (κ2) is 3.03. The van der Waals surface area contributed by atoms with Crippen molar-refractivity contribution in [2.75, 3.05) is 19.6 Å². The summed E-state index contributed by atoms with van der Waals surface area (Å²) in [5.41, 5.74) is 10.9. The normalized spacial score (nSPS) is 24.6. The molecule has 1 fully saturated rings. The maximum Gasteiger partial charge on any atom is 0.221 e. The number of primary amides is 1. The lowest BCUT2D eigenvalue weighted by Crippen LogP contribution is -2.66. The van der Waals surface area contributed by atoms with Gasteiger partial charge in [0.1, 0.15) is 0 Å². The second-order valence-electron chi connectivity index (χ2n) is 4.13. The number of hydrogen-bond acceptors (Lipinski definition) is 3. The van der Waals surface area contributed by atoms with Gasteiger partial charge in [-0.2, -0.15) is 0 Å². The van der Waals surface area contributed by atoms with Crippen LogP contribution in [0.3, 0.4) is 0 Å². The Kier molecular flexibility index (Phi) is 2.39. The van der Waals surface area contributed by atoms with Gasteiger partial charge in [-0.1, -0.05) is 6.92 Å². The molecule has 12 heavy (non-hydrogen) atoms. The number of amides is 1. The first kappa shape index (κ1) is 9.48. The van der Waals surface area contributed by atoms with Crippen molar-refractivity contribution in [1.29, 1.82) is 0 Å². The Labute approximate surface area is 72.9 Å². The number of hydrogen-bond donors (Lipinski definition) is 2. The minimum Gasteiger partial charge on any atom is -0.369 e. The number of carbonyl (C=O) groups is 1. The van der Waals surface area contributed by atoms with Crippen molar-refractivity contribution in [1.82, 2.24) is 4.90 Å². The van der Waals surface area contributed by atoms with Gasteiger partial charge in [-0.3, -0.25) is 9.69 Å². The third-order valence-corrected chi connectivity index (χ3v) is 2.19. The lowest BCUT2D eigenvalue weighted by Gasteiger charge is -2.46. The Morgan fingerprint density at radius 1 is 1.67 bits per heavy atom. The van der Waals surface area contributed by atoms with E-state index < -0.39 is 0 Å². The van der Waals surface area contributed by atoms with E-state index in [2.05, 4.69) is 4.90 Å². The molecular weight excluding hydrogens is 154 g/mol. The number of rotatable bonds is 3. The zero-order chi connectivity index (χ0) is 9.35. The van der Waals surface area contributed by atoms with Crippen LogP contribution in [0.5, 0.6) is 0 Å². The third kappa shape index (κ3) is 2.19. The molecule has 1 unspecified atom stereocenters. The summed E-state index contributed by atoms with van der Waals surface area (Å²) in [4.78, 5) is 12.8. The zero-order valence-electron chi connectivity index (χ0n) is 7.71. The van der Waals surface area contributed by atoms with Gasteiger partial charge in [0.15, 0.2) is 0 Å². The Morgan fingerprint density at radius 2 is 2.17 bits per heavy atom. The van der Waals surface area contributed by atoms with Crippen LogP contribution in [-0.2, 0) is 4.79 Å². The van der Waals surface area contributed by atoms with E-state index in [1.54, 1.807) is 0 Å². The van der Waals surface area contributed by atoms with Gasteiger partial charge in [0.25, 0.3) is 0 Å². The summed E-state index contributed by atoms with van der Waals surface area (Å²) in [6, 6.07) is 0. The Balaban J connectivity index is 2.23. The lowest BCUT2D eigenvalue weighted by molar-refractivity contribution is -0.122. The number of nitrogens with zero attached hydrogens (tertiary/aromatic N) is 1. The molecular formula is C8H17N3O. The molecule has 0 bridgehead atoms. The first-order valence-corrected chi connectivity index (χ1v) is 4.21. The molecule has 0 aromatic rings.